The van der Waals surface area contributed by atoms with Gasteiger partial charge in [0.05, 0.1) is 0 Å². The molecule has 0 N–H and O–H groups in total. The van der Waals surface area contributed by atoms with E-state index in [-0.39, 0.29) is 45.1 Å². The van der Waals surface area contributed by atoms with E-state index in [0.717, 1.165) is 5.56 Å². The van der Waals surface area contributed by atoms with Crippen LogP contribution in [0, 0.1) is 14.4 Å². The molecule has 0 bridgehead atoms. The second-order valence-electron chi connectivity index (χ2n) is 1.49. The van der Waals surface area contributed by atoms with Gasteiger partial charge in [-0.05, 0) is 12.5 Å². The molecule has 0 fully saturated rings. The van der Waals surface area contributed by atoms with Gasteiger partial charge in [-0.2, -0.15) is 0 Å². The zero-order valence-electron chi connectivity index (χ0n) is 5.09. The van der Waals surface area contributed by atoms with Gasteiger partial charge in [0.2, 0.25) is 0 Å². The van der Waals surface area contributed by atoms with E-state index in [1.54, 1.807) is 0 Å². The average molecular weight is 122 g/mol. The molecule has 0 atom stereocenters. The van der Waals surface area contributed by atoms with Crippen LogP contribution in [0.5, 0.6) is 0 Å². The van der Waals surface area contributed by atoms with Crippen molar-refractivity contribution >= 4 is 37.7 Å². The van der Waals surface area contributed by atoms with Gasteiger partial charge in [0, 0.05) is 0 Å². The van der Waals surface area contributed by atoms with E-state index >= 15 is 0 Å². The summed E-state index contributed by atoms with van der Waals surface area (Å²) in [6, 6.07) is 9.87. The summed E-state index contributed by atoms with van der Waals surface area (Å²) < 4.78 is 0. The van der Waals surface area contributed by atoms with Crippen molar-refractivity contribution in [1.82, 2.24) is 0 Å². The summed E-state index contributed by atoms with van der Waals surface area (Å²) in [5.74, 6) is 0. The molecule has 2 heteroatoms. The first-order valence-corrected chi connectivity index (χ1v) is 2.26. The molecule has 0 aliphatic heterocycles. The van der Waals surface area contributed by atoms with Gasteiger partial charge >= 0.3 is 37.7 Å². The predicted octanol–water partition coefficient (Wildman–Crippen LogP) is 1.02. The van der Waals surface area contributed by atoms with Crippen LogP contribution < -0.4 is 0 Å². The number of benzene rings is 1. The molecular weight excluding hydrogens is 110 g/mol. The minimum atomic E-state index is 0. The Labute approximate surface area is 87.8 Å². The molecule has 1 rings (SSSR count). The normalized spacial score (nSPS) is 6.10. The molecule has 0 spiro atoms. The van der Waals surface area contributed by atoms with E-state index in [1.165, 1.54) is 0 Å². The average Bonchev–Trinajstić information content (AvgIpc) is 1.69. The van der Waals surface area contributed by atoms with Gasteiger partial charge in [-0.1, -0.05) is 37.8 Å². The number of hydrogen-bond donors (Lipinski definition) is 0. The van der Waals surface area contributed by atoms with Crippen molar-refractivity contribution in [1.29, 1.82) is 0 Å². The van der Waals surface area contributed by atoms with E-state index in [4.69, 9.17) is 0 Å². The Morgan fingerprint density at radius 3 is 1.50 bits per heavy atom. The van der Waals surface area contributed by atoms with Gasteiger partial charge in [-0.15, -0.1) is 0 Å². The van der Waals surface area contributed by atoms with E-state index in [0.29, 0.717) is 0 Å². The monoisotopic (exact) mass is 122 g/mol. The van der Waals surface area contributed by atoms with Crippen molar-refractivity contribution in [3.05, 3.63) is 50.2 Å². The summed E-state index contributed by atoms with van der Waals surface area (Å²) in [5.41, 5.74) is 1.07. The van der Waals surface area contributed by atoms with Crippen LogP contribution in [0.25, 0.3) is 0 Å². The first-order valence-electron chi connectivity index (χ1n) is 2.26. The Bertz CT molecular complexity index is 137. The first-order chi connectivity index (χ1) is 3.39. The molecular formula is C8H12Li2. The SMILES string of the molecule is [CH2]c1ccccc1.[CH3].[LiH].[LiH]. The van der Waals surface area contributed by atoms with Crippen molar-refractivity contribution in [2.45, 2.75) is 0 Å². The molecule has 0 saturated heterocycles. The van der Waals surface area contributed by atoms with E-state index in [2.05, 4.69) is 6.92 Å². The van der Waals surface area contributed by atoms with Gasteiger partial charge in [0.15, 0.2) is 0 Å². The quantitative estimate of drug-likeness (QED) is 0.451. The molecule has 0 unspecified atom stereocenters. The van der Waals surface area contributed by atoms with Gasteiger partial charge < -0.3 is 0 Å². The van der Waals surface area contributed by atoms with Crippen molar-refractivity contribution in [3.8, 4) is 0 Å². The van der Waals surface area contributed by atoms with E-state index < -0.39 is 0 Å². The van der Waals surface area contributed by atoms with Crippen LogP contribution >= 0.6 is 0 Å². The van der Waals surface area contributed by atoms with Crippen molar-refractivity contribution in [2.24, 2.45) is 0 Å². The van der Waals surface area contributed by atoms with Gasteiger partial charge in [0.25, 0.3) is 0 Å². The second kappa shape index (κ2) is 9.41. The van der Waals surface area contributed by atoms with Crippen LogP contribution in [0.4, 0.5) is 0 Å². The Kier molecular flexibility index (Phi) is 15.8. The summed E-state index contributed by atoms with van der Waals surface area (Å²) >= 11 is 0. The molecule has 2 radical (unpaired) electrons. The summed E-state index contributed by atoms with van der Waals surface area (Å²) in [6.07, 6.45) is 0. The molecule has 1 aromatic rings. The maximum absolute atomic E-state index is 3.72. The van der Waals surface area contributed by atoms with Crippen LogP contribution in [-0.4, -0.2) is 37.7 Å². The molecule has 0 aromatic heterocycles. The Balaban J connectivity index is -0.000000163. The third-order valence-electron chi connectivity index (χ3n) is 0.843. The minimum absolute atomic E-state index is 0. The van der Waals surface area contributed by atoms with Crippen molar-refractivity contribution in [2.75, 3.05) is 0 Å². The Morgan fingerprint density at radius 1 is 0.900 bits per heavy atom. The van der Waals surface area contributed by atoms with Gasteiger partial charge in [-0.25, -0.2) is 0 Å². The Hall–Kier alpha value is 0.415. The summed E-state index contributed by atoms with van der Waals surface area (Å²) in [5, 5.41) is 0. The van der Waals surface area contributed by atoms with Crippen molar-refractivity contribution < 1.29 is 0 Å². The second-order valence-corrected chi connectivity index (χ2v) is 1.49. The number of hydrogen-bond acceptors (Lipinski definition) is 0. The van der Waals surface area contributed by atoms with E-state index in [1.807, 2.05) is 30.3 Å². The maximum atomic E-state index is 3.72. The molecule has 0 aliphatic rings. The fraction of sp³-hybridized carbons (Fsp3) is 0. The summed E-state index contributed by atoms with van der Waals surface area (Å²) in [6.45, 7) is 3.72. The fourth-order valence-corrected chi connectivity index (χ4v) is 0.478. The molecule has 0 amide bonds. The predicted molar refractivity (Wildman–Crippen MR) is 51.6 cm³/mol. The summed E-state index contributed by atoms with van der Waals surface area (Å²) in [4.78, 5) is 0. The standard InChI is InChI=1S/C7H7.CH3.2Li.2H/c1-7-5-3-2-4-6-7;;;;;/h2-6H,1H2;1H3;;;;. The topological polar surface area (TPSA) is 0 Å². The zero-order chi connectivity index (χ0) is 5.11. The van der Waals surface area contributed by atoms with Crippen molar-refractivity contribution in [3.63, 3.8) is 0 Å². The fourth-order valence-electron chi connectivity index (χ4n) is 0.478. The molecule has 0 saturated carbocycles. The molecule has 10 heavy (non-hydrogen) atoms. The third kappa shape index (κ3) is 6.53. The van der Waals surface area contributed by atoms with Gasteiger partial charge in [-0.3, -0.25) is 0 Å². The molecule has 0 heterocycles. The van der Waals surface area contributed by atoms with E-state index in [9.17, 15) is 0 Å². The van der Waals surface area contributed by atoms with Crippen LogP contribution in [0.15, 0.2) is 30.3 Å². The molecule has 0 nitrogen and oxygen atoms in total. The first kappa shape index (κ1) is 16.8. The Morgan fingerprint density at radius 2 is 1.30 bits per heavy atom. The molecule has 1 aromatic carbocycles. The zero-order valence-corrected chi connectivity index (χ0v) is 5.09. The van der Waals surface area contributed by atoms with Gasteiger partial charge in [0.1, 0.15) is 0 Å². The van der Waals surface area contributed by atoms with Crippen LogP contribution in [-0.2, 0) is 0 Å². The van der Waals surface area contributed by atoms with Crippen LogP contribution in [0.2, 0.25) is 0 Å². The molecule has 0 aliphatic carbocycles. The van der Waals surface area contributed by atoms with Crippen LogP contribution in [0.1, 0.15) is 5.56 Å². The summed E-state index contributed by atoms with van der Waals surface area (Å²) in [7, 11) is 0. The molecule has 46 valence electrons. The number of rotatable bonds is 0. The van der Waals surface area contributed by atoms with Crippen LogP contribution in [0.3, 0.4) is 0 Å². The third-order valence-corrected chi connectivity index (χ3v) is 0.843.